The lowest BCUT2D eigenvalue weighted by molar-refractivity contribution is 0.167. The van der Waals surface area contributed by atoms with Gasteiger partial charge in [-0.25, -0.2) is 8.42 Å². The number of hydrogen-bond acceptors (Lipinski definition) is 4. The molecular formula is C21H28NO4S. The molecule has 0 aliphatic carbocycles. The zero-order valence-electron chi connectivity index (χ0n) is 16.1. The highest BCUT2D eigenvalue weighted by Gasteiger charge is 2.27. The van der Waals surface area contributed by atoms with Crippen molar-refractivity contribution >= 4 is 10.0 Å². The second-order valence-electron chi connectivity index (χ2n) is 6.88. The van der Waals surface area contributed by atoms with Crippen LogP contribution in [-0.4, -0.2) is 44.1 Å². The molecule has 0 unspecified atom stereocenters. The Balaban J connectivity index is 2.10. The molecule has 1 atom stereocenters. The van der Waals surface area contributed by atoms with Gasteiger partial charge in [-0.1, -0.05) is 44.2 Å². The smallest absolute Gasteiger partial charge is 0.243 e. The fourth-order valence-corrected chi connectivity index (χ4v) is 4.37. The Kier molecular flexibility index (Phi) is 7.83. The van der Waals surface area contributed by atoms with E-state index in [1.54, 1.807) is 18.6 Å². The van der Waals surface area contributed by atoms with Crippen molar-refractivity contribution in [1.82, 2.24) is 4.31 Å². The molecule has 2 aromatic rings. The summed E-state index contributed by atoms with van der Waals surface area (Å²) in [6.45, 7) is 4.27. The molecule has 0 spiro atoms. The highest BCUT2D eigenvalue weighted by molar-refractivity contribution is 7.89. The fourth-order valence-electron chi connectivity index (χ4n) is 2.74. The molecule has 0 amide bonds. The van der Waals surface area contributed by atoms with E-state index in [1.807, 2.05) is 44.2 Å². The van der Waals surface area contributed by atoms with Crippen LogP contribution in [-0.2, 0) is 16.4 Å². The standard InChI is InChI=1S/C21H28NO4S/c1-17(2)15-22(16-19(23)10-9-18-7-5-4-6-8-18)27(24,25)21-13-11-20(26-3)12-14-21/h4-8,10-14,17,19,23H,9,15-16H2,1-3H3/t19-/m1/s1. The normalized spacial score (nSPS) is 13.1. The van der Waals surface area contributed by atoms with Gasteiger partial charge in [0.15, 0.2) is 0 Å². The molecule has 0 aromatic heterocycles. The van der Waals surface area contributed by atoms with Crippen LogP contribution in [0.15, 0.2) is 59.5 Å². The van der Waals surface area contributed by atoms with E-state index in [1.165, 1.54) is 23.5 Å². The number of ether oxygens (including phenoxy) is 1. The zero-order chi connectivity index (χ0) is 19.9. The zero-order valence-corrected chi connectivity index (χ0v) is 16.9. The van der Waals surface area contributed by atoms with Crippen LogP contribution in [0.4, 0.5) is 0 Å². The van der Waals surface area contributed by atoms with Crippen molar-refractivity contribution in [3.8, 4) is 5.75 Å². The average Bonchev–Trinajstić information content (AvgIpc) is 2.66. The van der Waals surface area contributed by atoms with Crippen molar-refractivity contribution in [1.29, 1.82) is 0 Å². The van der Waals surface area contributed by atoms with Crippen LogP contribution in [0.2, 0.25) is 0 Å². The van der Waals surface area contributed by atoms with Gasteiger partial charge in [-0.15, -0.1) is 0 Å². The van der Waals surface area contributed by atoms with Crippen molar-refractivity contribution < 1.29 is 18.3 Å². The lowest BCUT2D eigenvalue weighted by atomic mass is 10.1. The molecule has 0 heterocycles. The summed E-state index contributed by atoms with van der Waals surface area (Å²) in [6, 6.07) is 16.1. The third-order valence-corrected chi connectivity index (χ3v) is 5.97. The summed E-state index contributed by atoms with van der Waals surface area (Å²) in [5.41, 5.74) is 1.07. The summed E-state index contributed by atoms with van der Waals surface area (Å²) in [5.74, 6) is 0.736. The first kappa shape index (κ1) is 21.4. The van der Waals surface area contributed by atoms with E-state index in [-0.39, 0.29) is 17.4 Å². The van der Waals surface area contributed by atoms with Gasteiger partial charge in [0.1, 0.15) is 5.75 Å². The average molecular weight is 391 g/mol. The summed E-state index contributed by atoms with van der Waals surface area (Å²) in [4.78, 5) is 0.194. The maximum atomic E-state index is 13.0. The highest BCUT2D eigenvalue weighted by atomic mass is 32.2. The molecule has 0 aliphatic heterocycles. The van der Waals surface area contributed by atoms with Gasteiger partial charge >= 0.3 is 0 Å². The minimum absolute atomic E-state index is 0.0272. The molecule has 0 saturated carbocycles. The molecule has 6 heteroatoms. The third-order valence-electron chi connectivity index (χ3n) is 4.13. The number of aliphatic hydroxyl groups is 1. The summed E-state index contributed by atoms with van der Waals surface area (Å²) < 4.78 is 32.5. The van der Waals surface area contributed by atoms with E-state index in [4.69, 9.17) is 4.74 Å². The topological polar surface area (TPSA) is 66.8 Å². The number of methoxy groups -OCH3 is 1. The van der Waals surface area contributed by atoms with Crippen molar-refractivity contribution in [3.63, 3.8) is 0 Å². The van der Waals surface area contributed by atoms with Crippen molar-refractivity contribution in [2.75, 3.05) is 20.2 Å². The van der Waals surface area contributed by atoms with Crippen LogP contribution in [0, 0.1) is 12.3 Å². The maximum absolute atomic E-state index is 13.0. The predicted molar refractivity (Wildman–Crippen MR) is 107 cm³/mol. The van der Waals surface area contributed by atoms with Crippen LogP contribution in [0.25, 0.3) is 0 Å². The predicted octanol–water partition coefficient (Wildman–Crippen LogP) is 3.15. The van der Waals surface area contributed by atoms with E-state index in [9.17, 15) is 13.5 Å². The van der Waals surface area contributed by atoms with E-state index >= 15 is 0 Å². The first-order chi connectivity index (χ1) is 12.8. The van der Waals surface area contributed by atoms with Crippen LogP contribution in [0.1, 0.15) is 19.4 Å². The highest BCUT2D eigenvalue weighted by Crippen LogP contribution is 2.21. The minimum atomic E-state index is -3.70. The molecule has 2 rings (SSSR count). The lowest BCUT2D eigenvalue weighted by Gasteiger charge is -2.26. The SMILES string of the molecule is COc1ccc(S(=O)(=O)N(CC(C)C)C[C@H](O)[CH]Cc2ccccc2)cc1. The van der Waals surface area contributed by atoms with Crippen LogP contribution in [0.3, 0.4) is 0 Å². The molecule has 5 nitrogen and oxygen atoms in total. The molecule has 0 bridgehead atoms. The first-order valence-electron chi connectivity index (χ1n) is 9.02. The van der Waals surface area contributed by atoms with Gasteiger partial charge in [0.05, 0.1) is 18.1 Å². The number of rotatable bonds is 10. The number of hydrogen-bond donors (Lipinski definition) is 1. The van der Waals surface area contributed by atoms with Gasteiger partial charge in [-0.3, -0.25) is 0 Å². The number of benzene rings is 2. The monoisotopic (exact) mass is 390 g/mol. The summed E-state index contributed by atoms with van der Waals surface area (Å²) in [6.07, 6.45) is 1.48. The second kappa shape index (κ2) is 9.88. The van der Waals surface area contributed by atoms with Gasteiger partial charge in [-0.05, 0) is 48.6 Å². The van der Waals surface area contributed by atoms with E-state index in [2.05, 4.69) is 0 Å². The fraction of sp³-hybridized carbons (Fsp3) is 0.381. The maximum Gasteiger partial charge on any atom is 0.243 e. The Labute approximate surface area is 162 Å². The van der Waals surface area contributed by atoms with E-state index in [0.717, 1.165) is 5.56 Å². The molecular weight excluding hydrogens is 362 g/mol. The Bertz CT molecular complexity index is 789. The molecule has 2 aromatic carbocycles. The molecule has 0 fully saturated rings. The Morgan fingerprint density at radius 3 is 2.22 bits per heavy atom. The third kappa shape index (κ3) is 6.34. The van der Waals surface area contributed by atoms with Crippen LogP contribution < -0.4 is 4.74 Å². The minimum Gasteiger partial charge on any atom is -0.497 e. The molecule has 147 valence electrons. The van der Waals surface area contributed by atoms with Gasteiger partial charge in [0.25, 0.3) is 0 Å². The quantitative estimate of drug-likeness (QED) is 0.677. The second-order valence-corrected chi connectivity index (χ2v) is 8.82. The molecule has 1 radical (unpaired) electrons. The van der Waals surface area contributed by atoms with Gasteiger partial charge < -0.3 is 9.84 Å². The summed E-state index contributed by atoms with van der Waals surface area (Å²) >= 11 is 0. The van der Waals surface area contributed by atoms with E-state index < -0.39 is 16.1 Å². The van der Waals surface area contributed by atoms with Gasteiger partial charge in [0, 0.05) is 13.1 Å². The number of sulfonamides is 1. The Morgan fingerprint density at radius 1 is 1.04 bits per heavy atom. The summed E-state index contributed by atoms with van der Waals surface area (Å²) in [5, 5.41) is 10.4. The Morgan fingerprint density at radius 2 is 1.67 bits per heavy atom. The largest absolute Gasteiger partial charge is 0.497 e. The van der Waals surface area contributed by atoms with E-state index in [0.29, 0.717) is 18.7 Å². The first-order valence-corrected chi connectivity index (χ1v) is 10.5. The van der Waals surface area contributed by atoms with Gasteiger partial charge in [0.2, 0.25) is 10.0 Å². The lowest BCUT2D eigenvalue weighted by Crippen LogP contribution is -2.40. The number of nitrogens with zero attached hydrogens (tertiary/aromatic N) is 1. The van der Waals surface area contributed by atoms with Crippen LogP contribution >= 0.6 is 0 Å². The Hall–Kier alpha value is -1.89. The summed E-state index contributed by atoms with van der Waals surface area (Å²) in [7, 11) is -2.17. The molecule has 27 heavy (non-hydrogen) atoms. The van der Waals surface area contributed by atoms with Crippen molar-refractivity contribution in [2.24, 2.45) is 5.92 Å². The number of aliphatic hydroxyl groups excluding tert-OH is 1. The van der Waals surface area contributed by atoms with Crippen LogP contribution in [0.5, 0.6) is 5.75 Å². The molecule has 0 aliphatic rings. The van der Waals surface area contributed by atoms with Crippen molar-refractivity contribution in [3.05, 3.63) is 66.6 Å². The molecule has 1 N–H and O–H groups in total. The molecule has 0 saturated heterocycles. The van der Waals surface area contributed by atoms with Crippen molar-refractivity contribution in [2.45, 2.75) is 31.3 Å². The van der Waals surface area contributed by atoms with Gasteiger partial charge in [-0.2, -0.15) is 4.31 Å².